The predicted octanol–water partition coefficient (Wildman–Crippen LogP) is 3.81. The van der Waals surface area contributed by atoms with Gasteiger partial charge in [-0.15, -0.1) is 0 Å². The maximum Gasteiger partial charge on any atom is 0.123 e. The van der Waals surface area contributed by atoms with Crippen LogP contribution in [-0.2, 0) is 0 Å². The van der Waals surface area contributed by atoms with Crippen molar-refractivity contribution in [2.24, 2.45) is 0 Å². The SMILES string of the molecule is CC(C)P(c1ccc(F)cc1)c1ccc(F)cc1. The molecule has 94 valence electrons. The molecule has 0 unspecified atom stereocenters. The summed E-state index contributed by atoms with van der Waals surface area (Å²) in [5.41, 5.74) is 0.427. The van der Waals surface area contributed by atoms with Crippen LogP contribution in [0.4, 0.5) is 8.78 Å². The average Bonchev–Trinajstić information content (AvgIpc) is 2.34. The van der Waals surface area contributed by atoms with E-state index in [2.05, 4.69) is 13.8 Å². The Hall–Kier alpha value is -1.27. The Morgan fingerprint density at radius 3 is 1.33 bits per heavy atom. The van der Waals surface area contributed by atoms with Crippen molar-refractivity contribution >= 4 is 18.5 Å². The van der Waals surface area contributed by atoms with Gasteiger partial charge in [0.25, 0.3) is 0 Å². The summed E-state index contributed by atoms with van der Waals surface area (Å²) in [7, 11) is -0.568. The molecule has 0 nitrogen and oxygen atoms in total. The minimum Gasteiger partial charge on any atom is -0.207 e. The van der Waals surface area contributed by atoms with Crippen LogP contribution in [0.2, 0.25) is 0 Å². The van der Waals surface area contributed by atoms with E-state index in [1.165, 1.54) is 24.3 Å². The first kappa shape index (κ1) is 13.2. The minimum absolute atomic E-state index is 0.225. The topological polar surface area (TPSA) is 0 Å². The normalized spacial score (nSPS) is 11.2. The molecule has 0 N–H and O–H groups in total. The third kappa shape index (κ3) is 2.94. The van der Waals surface area contributed by atoms with Gasteiger partial charge in [0.15, 0.2) is 0 Å². The zero-order valence-electron chi connectivity index (χ0n) is 10.4. The van der Waals surface area contributed by atoms with Crippen LogP contribution in [0.25, 0.3) is 0 Å². The van der Waals surface area contributed by atoms with E-state index in [1.807, 2.05) is 24.3 Å². The summed E-state index contributed by atoms with van der Waals surface area (Å²) in [5.74, 6) is -0.451. The second kappa shape index (κ2) is 5.58. The van der Waals surface area contributed by atoms with Gasteiger partial charge in [0.1, 0.15) is 11.6 Å². The maximum atomic E-state index is 13.0. The summed E-state index contributed by atoms with van der Waals surface area (Å²) in [6, 6.07) is 13.2. The summed E-state index contributed by atoms with van der Waals surface area (Å²) < 4.78 is 25.9. The lowest BCUT2D eigenvalue weighted by atomic mass is 10.3. The largest absolute Gasteiger partial charge is 0.207 e. The molecular weight excluding hydrogens is 249 g/mol. The summed E-state index contributed by atoms with van der Waals surface area (Å²) in [6.45, 7) is 4.27. The van der Waals surface area contributed by atoms with Crippen molar-refractivity contribution in [2.45, 2.75) is 19.5 Å². The molecule has 0 bridgehead atoms. The molecular formula is C15H15F2P. The quantitative estimate of drug-likeness (QED) is 0.740. The summed E-state index contributed by atoms with van der Waals surface area (Å²) in [5, 5.41) is 2.24. The number of hydrogen-bond donors (Lipinski definition) is 0. The zero-order chi connectivity index (χ0) is 13.1. The third-order valence-corrected chi connectivity index (χ3v) is 5.47. The van der Waals surface area contributed by atoms with Gasteiger partial charge in [-0.1, -0.05) is 38.1 Å². The van der Waals surface area contributed by atoms with Gasteiger partial charge in [-0.2, -0.15) is 0 Å². The van der Waals surface area contributed by atoms with Gasteiger partial charge in [0.2, 0.25) is 0 Å². The van der Waals surface area contributed by atoms with Crippen molar-refractivity contribution < 1.29 is 8.78 Å². The summed E-state index contributed by atoms with van der Waals surface area (Å²) >= 11 is 0. The molecule has 2 aromatic carbocycles. The molecule has 0 spiro atoms. The highest BCUT2D eigenvalue weighted by atomic mass is 31.1. The molecule has 0 aliphatic rings. The molecule has 0 fully saturated rings. The maximum absolute atomic E-state index is 13.0. The van der Waals surface area contributed by atoms with Gasteiger partial charge in [-0.05, 0) is 48.5 Å². The number of rotatable bonds is 3. The summed E-state index contributed by atoms with van der Waals surface area (Å²) in [6.07, 6.45) is 0. The van der Waals surface area contributed by atoms with Crippen molar-refractivity contribution in [1.82, 2.24) is 0 Å². The monoisotopic (exact) mass is 264 g/mol. The van der Waals surface area contributed by atoms with Crippen LogP contribution < -0.4 is 10.6 Å². The molecule has 0 amide bonds. The van der Waals surface area contributed by atoms with Crippen LogP contribution in [0, 0.1) is 11.6 Å². The highest BCUT2D eigenvalue weighted by molar-refractivity contribution is 7.73. The van der Waals surface area contributed by atoms with Crippen molar-refractivity contribution in [3.63, 3.8) is 0 Å². The van der Waals surface area contributed by atoms with Crippen LogP contribution in [-0.4, -0.2) is 5.66 Å². The molecule has 0 aliphatic carbocycles. The number of halogens is 2. The summed E-state index contributed by atoms with van der Waals surface area (Å²) in [4.78, 5) is 0. The molecule has 0 atom stereocenters. The Kier molecular flexibility index (Phi) is 4.08. The van der Waals surface area contributed by atoms with Gasteiger partial charge in [-0.3, -0.25) is 0 Å². The standard InChI is InChI=1S/C15H15F2P/c1-11(2)18(14-7-3-12(16)4-8-14)15-9-5-13(17)6-10-15/h3-11H,1-2H3. The lowest BCUT2D eigenvalue weighted by Gasteiger charge is -2.22. The molecule has 0 aromatic heterocycles. The van der Waals surface area contributed by atoms with Gasteiger partial charge >= 0.3 is 0 Å². The molecule has 2 rings (SSSR count). The lowest BCUT2D eigenvalue weighted by molar-refractivity contribution is 0.628. The highest BCUT2D eigenvalue weighted by Crippen LogP contribution is 2.38. The fourth-order valence-electron chi connectivity index (χ4n) is 1.95. The molecule has 0 saturated heterocycles. The minimum atomic E-state index is -0.568. The van der Waals surface area contributed by atoms with Gasteiger partial charge in [-0.25, -0.2) is 8.78 Å². The van der Waals surface area contributed by atoms with E-state index >= 15 is 0 Å². The van der Waals surface area contributed by atoms with Gasteiger partial charge < -0.3 is 0 Å². The average molecular weight is 264 g/mol. The van der Waals surface area contributed by atoms with Crippen molar-refractivity contribution in [3.05, 3.63) is 60.2 Å². The molecule has 0 aliphatic heterocycles. The van der Waals surface area contributed by atoms with Crippen LogP contribution in [0.5, 0.6) is 0 Å². The Bertz CT molecular complexity index is 458. The zero-order valence-corrected chi connectivity index (χ0v) is 11.3. The van der Waals surface area contributed by atoms with E-state index in [9.17, 15) is 8.78 Å². The van der Waals surface area contributed by atoms with E-state index in [1.54, 1.807) is 0 Å². The molecule has 0 radical (unpaired) electrons. The Balaban J connectivity index is 2.39. The molecule has 0 saturated carbocycles. The van der Waals surface area contributed by atoms with E-state index in [4.69, 9.17) is 0 Å². The third-order valence-electron chi connectivity index (χ3n) is 2.73. The first-order chi connectivity index (χ1) is 8.58. The molecule has 0 heterocycles. The van der Waals surface area contributed by atoms with E-state index < -0.39 is 7.92 Å². The first-order valence-electron chi connectivity index (χ1n) is 5.88. The Labute approximate surface area is 107 Å². The Morgan fingerprint density at radius 2 is 1.06 bits per heavy atom. The fourth-order valence-corrected chi connectivity index (χ4v) is 4.38. The molecule has 2 aromatic rings. The van der Waals surface area contributed by atoms with E-state index in [0.717, 1.165) is 10.6 Å². The predicted molar refractivity (Wildman–Crippen MR) is 74.1 cm³/mol. The second-order valence-corrected chi connectivity index (χ2v) is 7.22. The lowest BCUT2D eigenvalue weighted by Crippen LogP contribution is -2.18. The van der Waals surface area contributed by atoms with Gasteiger partial charge in [0.05, 0.1) is 0 Å². The second-order valence-electron chi connectivity index (χ2n) is 4.42. The van der Waals surface area contributed by atoms with Crippen LogP contribution in [0.1, 0.15) is 13.8 Å². The molecule has 3 heteroatoms. The van der Waals surface area contributed by atoms with Crippen molar-refractivity contribution in [3.8, 4) is 0 Å². The van der Waals surface area contributed by atoms with Crippen molar-refractivity contribution in [2.75, 3.05) is 0 Å². The fraction of sp³-hybridized carbons (Fsp3) is 0.200. The number of benzene rings is 2. The Morgan fingerprint density at radius 1 is 0.722 bits per heavy atom. The smallest absolute Gasteiger partial charge is 0.123 e. The van der Waals surface area contributed by atoms with Crippen molar-refractivity contribution in [1.29, 1.82) is 0 Å². The first-order valence-corrected chi connectivity index (χ1v) is 7.29. The van der Waals surface area contributed by atoms with Crippen LogP contribution in [0.3, 0.4) is 0 Å². The van der Waals surface area contributed by atoms with E-state index in [0.29, 0.717) is 5.66 Å². The van der Waals surface area contributed by atoms with Crippen LogP contribution >= 0.6 is 7.92 Å². The number of hydrogen-bond acceptors (Lipinski definition) is 0. The van der Waals surface area contributed by atoms with Gasteiger partial charge in [0, 0.05) is 0 Å². The molecule has 18 heavy (non-hydrogen) atoms. The van der Waals surface area contributed by atoms with Crippen LogP contribution in [0.15, 0.2) is 48.5 Å². The highest BCUT2D eigenvalue weighted by Gasteiger charge is 2.17. The van der Waals surface area contributed by atoms with E-state index in [-0.39, 0.29) is 11.6 Å².